The molecule has 2 atom stereocenters. The van der Waals surface area contributed by atoms with Crippen LogP contribution < -0.4 is 0 Å². The number of piperidine rings is 1. The molecule has 2 heterocycles. The molecule has 0 spiro atoms. The van der Waals surface area contributed by atoms with Gasteiger partial charge in [0.1, 0.15) is 6.61 Å². The molecule has 2 unspecified atom stereocenters. The molecule has 6 heteroatoms. The van der Waals surface area contributed by atoms with Crippen LogP contribution >= 0.6 is 0 Å². The number of alkyl halides is 3. The molecule has 0 saturated carbocycles. The highest BCUT2D eigenvalue weighted by atomic mass is 19.4. The number of rotatable bonds is 5. The van der Waals surface area contributed by atoms with Gasteiger partial charge in [0.25, 0.3) is 0 Å². The van der Waals surface area contributed by atoms with Gasteiger partial charge in [-0.2, -0.15) is 13.2 Å². The molecular formula is C14H25F3N2O. The summed E-state index contributed by atoms with van der Waals surface area (Å²) in [6.07, 6.45) is 0.600. The molecule has 2 aliphatic rings. The molecule has 0 aromatic carbocycles. The second kappa shape index (κ2) is 7.09. The largest absolute Gasteiger partial charge is 0.411 e. The first-order valence-corrected chi connectivity index (χ1v) is 7.62. The van der Waals surface area contributed by atoms with Gasteiger partial charge in [0, 0.05) is 31.7 Å². The summed E-state index contributed by atoms with van der Waals surface area (Å²) in [5.74, 6) is 0. The van der Waals surface area contributed by atoms with Crippen LogP contribution in [0.15, 0.2) is 0 Å². The first-order chi connectivity index (χ1) is 9.49. The van der Waals surface area contributed by atoms with E-state index < -0.39 is 12.8 Å². The Morgan fingerprint density at radius 1 is 1.20 bits per heavy atom. The minimum atomic E-state index is -4.22. The number of nitrogens with zero attached hydrogens (tertiary/aromatic N) is 2. The van der Waals surface area contributed by atoms with E-state index >= 15 is 0 Å². The van der Waals surface area contributed by atoms with E-state index in [9.17, 15) is 13.2 Å². The highest BCUT2D eigenvalue weighted by Gasteiger charge is 2.34. The van der Waals surface area contributed by atoms with Crippen molar-refractivity contribution in [1.82, 2.24) is 9.80 Å². The van der Waals surface area contributed by atoms with Gasteiger partial charge in [-0.3, -0.25) is 9.80 Å². The summed E-state index contributed by atoms with van der Waals surface area (Å²) in [6, 6.07) is 1.05. The monoisotopic (exact) mass is 294 g/mol. The number of hydrogen-bond donors (Lipinski definition) is 0. The maximum atomic E-state index is 12.0. The zero-order valence-corrected chi connectivity index (χ0v) is 12.2. The van der Waals surface area contributed by atoms with Crippen LogP contribution in [0.2, 0.25) is 0 Å². The summed E-state index contributed by atoms with van der Waals surface area (Å²) in [7, 11) is 0. The molecule has 0 aromatic rings. The lowest BCUT2D eigenvalue weighted by Crippen LogP contribution is -2.59. The third-order valence-corrected chi connectivity index (χ3v) is 4.42. The van der Waals surface area contributed by atoms with Gasteiger partial charge >= 0.3 is 6.18 Å². The molecular weight excluding hydrogens is 269 g/mol. The molecule has 118 valence electrons. The number of fused-ring (bicyclic) bond motifs is 1. The molecule has 2 fully saturated rings. The fourth-order valence-corrected chi connectivity index (χ4v) is 3.34. The smallest absolute Gasteiger partial charge is 0.371 e. The van der Waals surface area contributed by atoms with E-state index in [2.05, 4.69) is 16.7 Å². The topological polar surface area (TPSA) is 15.7 Å². The van der Waals surface area contributed by atoms with Crippen molar-refractivity contribution >= 4 is 0 Å². The van der Waals surface area contributed by atoms with Crippen molar-refractivity contribution in [3.63, 3.8) is 0 Å². The first kappa shape index (κ1) is 16.0. The van der Waals surface area contributed by atoms with Crippen molar-refractivity contribution in [2.45, 2.75) is 50.9 Å². The molecule has 0 radical (unpaired) electrons. The van der Waals surface area contributed by atoms with Crippen molar-refractivity contribution in [2.24, 2.45) is 0 Å². The lowest BCUT2D eigenvalue weighted by atomic mass is 9.96. The van der Waals surface area contributed by atoms with Crippen molar-refractivity contribution in [2.75, 3.05) is 39.4 Å². The van der Waals surface area contributed by atoms with Gasteiger partial charge < -0.3 is 4.74 Å². The SMILES string of the molecule is CCC1CN2CCCCC2CN1CCOCC(F)(F)F. The van der Waals surface area contributed by atoms with Crippen molar-refractivity contribution in [3.8, 4) is 0 Å². The fraction of sp³-hybridized carbons (Fsp3) is 1.00. The van der Waals surface area contributed by atoms with Gasteiger partial charge in [0.15, 0.2) is 0 Å². The molecule has 2 aliphatic heterocycles. The van der Waals surface area contributed by atoms with Gasteiger partial charge in [-0.25, -0.2) is 0 Å². The Labute approximate surface area is 119 Å². The highest BCUT2D eigenvalue weighted by molar-refractivity contribution is 4.90. The second-order valence-corrected chi connectivity index (χ2v) is 5.87. The predicted octanol–water partition coefficient (Wildman–Crippen LogP) is 2.51. The average molecular weight is 294 g/mol. The summed E-state index contributed by atoms with van der Waals surface area (Å²) < 4.78 is 40.9. The number of halogens is 3. The summed E-state index contributed by atoms with van der Waals surface area (Å²) >= 11 is 0. The Morgan fingerprint density at radius 2 is 2.00 bits per heavy atom. The van der Waals surface area contributed by atoms with E-state index in [-0.39, 0.29) is 6.61 Å². The summed E-state index contributed by atoms with van der Waals surface area (Å²) in [6.45, 7) is 5.02. The molecule has 20 heavy (non-hydrogen) atoms. The maximum Gasteiger partial charge on any atom is 0.411 e. The predicted molar refractivity (Wildman–Crippen MR) is 71.7 cm³/mol. The Kier molecular flexibility index (Phi) is 5.69. The minimum absolute atomic E-state index is 0.169. The normalized spacial score (nSPS) is 29.4. The van der Waals surface area contributed by atoms with Crippen LogP contribution in [0.1, 0.15) is 32.6 Å². The standard InChI is InChI=1S/C14H25F3N2O/c1-2-12-9-18-6-4-3-5-13(18)10-19(12)7-8-20-11-14(15,16)17/h12-13H,2-11H2,1H3. The molecule has 0 bridgehead atoms. The van der Waals surface area contributed by atoms with Gasteiger partial charge in [0.2, 0.25) is 0 Å². The average Bonchev–Trinajstić information content (AvgIpc) is 2.41. The van der Waals surface area contributed by atoms with Crippen LogP contribution in [0.4, 0.5) is 13.2 Å². The Balaban J connectivity index is 1.77. The van der Waals surface area contributed by atoms with Crippen LogP contribution in [0.25, 0.3) is 0 Å². The van der Waals surface area contributed by atoms with Crippen LogP contribution in [0.5, 0.6) is 0 Å². The fourth-order valence-electron chi connectivity index (χ4n) is 3.34. The molecule has 0 N–H and O–H groups in total. The summed E-state index contributed by atoms with van der Waals surface area (Å²) in [4.78, 5) is 4.88. The third kappa shape index (κ3) is 4.60. The second-order valence-electron chi connectivity index (χ2n) is 5.87. The number of piperazine rings is 1. The van der Waals surface area contributed by atoms with Crippen molar-refractivity contribution in [1.29, 1.82) is 0 Å². The number of ether oxygens (including phenoxy) is 1. The highest BCUT2D eigenvalue weighted by Crippen LogP contribution is 2.25. The summed E-state index contributed by atoms with van der Waals surface area (Å²) in [5, 5.41) is 0. The zero-order valence-electron chi connectivity index (χ0n) is 12.2. The van der Waals surface area contributed by atoms with E-state index in [0.717, 1.165) is 19.5 Å². The maximum absolute atomic E-state index is 12.0. The molecule has 3 nitrogen and oxygen atoms in total. The first-order valence-electron chi connectivity index (χ1n) is 7.62. The molecule has 2 rings (SSSR count). The van der Waals surface area contributed by atoms with Crippen LogP contribution in [-0.4, -0.2) is 67.5 Å². The molecule has 0 amide bonds. The van der Waals surface area contributed by atoms with Crippen LogP contribution in [0, 0.1) is 0 Å². The zero-order chi connectivity index (χ0) is 14.6. The summed E-state index contributed by atoms with van der Waals surface area (Å²) in [5.41, 5.74) is 0. The Hall–Kier alpha value is -0.330. The lowest BCUT2D eigenvalue weighted by molar-refractivity contribution is -0.175. The lowest BCUT2D eigenvalue weighted by Gasteiger charge is -2.48. The number of hydrogen-bond acceptors (Lipinski definition) is 3. The Morgan fingerprint density at radius 3 is 2.70 bits per heavy atom. The third-order valence-electron chi connectivity index (χ3n) is 4.42. The van der Waals surface area contributed by atoms with Gasteiger partial charge in [-0.1, -0.05) is 13.3 Å². The van der Waals surface area contributed by atoms with Gasteiger partial charge in [0.05, 0.1) is 6.61 Å². The Bertz CT molecular complexity index is 299. The van der Waals surface area contributed by atoms with Gasteiger partial charge in [-0.05, 0) is 25.8 Å². The molecule has 0 aliphatic carbocycles. The quantitative estimate of drug-likeness (QED) is 0.725. The molecule has 0 aromatic heterocycles. The van der Waals surface area contributed by atoms with Crippen molar-refractivity contribution in [3.05, 3.63) is 0 Å². The van der Waals surface area contributed by atoms with E-state index in [0.29, 0.717) is 18.6 Å². The molecule has 2 saturated heterocycles. The van der Waals surface area contributed by atoms with Crippen LogP contribution in [-0.2, 0) is 4.74 Å². The van der Waals surface area contributed by atoms with E-state index in [4.69, 9.17) is 4.74 Å². The van der Waals surface area contributed by atoms with Crippen molar-refractivity contribution < 1.29 is 17.9 Å². The van der Waals surface area contributed by atoms with E-state index in [1.807, 2.05) is 0 Å². The van der Waals surface area contributed by atoms with Gasteiger partial charge in [-0.15, -0.1) is 0 Å². The minimum Gasteiger partial charge on any atom is -0.371 e. The van der Waals surface area contributed by atoms with E-state index in [1.165, 1.54) is 25.8 Å². The van der Waals surface area contributed by atoms with E-state index in [1.54, 1.807) is 0 Å². The van der Waals surface area contributed by atoms with Crippen LogP contribution in [0.3, 0.4) is 0 Å².